The van der Waals surface area contributed by atoms with Crippen molar-refractivity contribution < 1.29 is 19.7 Å². The molecule has 0 aromatic carbocycles. The predicted molar refractivity (Wildman–Crippen MR) is 38.5 cm³/mol. The maximum Gasteiger partial charge on any atom is 0.404 e. The van der Waals surface area contributed by atoms with E-state index >= 15 is 0 Å². The van der Waals surface area contributed by atoms with E-state index in [1.807, 2.05) is 0 Å². The molecule has 5 nitrogen and oxygen atoms in total. The molecule has 0 aromatic rings. The average molecular weight is 163 g/mol. The molecule has 3 N–H and O–H groups in total. The van der Waals surface area contributed by atoms with Crippen molar-refractivity contribution in [3.05, 3.63) is 0 Å². The van der Waals surface area contributed by atoms with Gasteiger partial charge in [0.05, 0.1) is 12.6 Å². The van der Waals surface area contributed by atoms with Gasteiger partial charge in [0, 0.05) is 13.7 Å². The minimum atomic E-state index is -1.10. The molecule has 0 saturated carbocycles. The Morgan fingerprint density at radius 1 is 1.73 bits per heavy atom. The largest absolute Gasteiger partial charge is 0.465 e. The number of carboxylic acid groups (broad SMARTS) is 1. The van der Waals surface area contributed by atoms with Crippen LogP contribution in [0.3, 0.4) is 0 Å². The summed E-state index contributed by atoms with van der Waals surface area (Å²) in [5.74, 6) is 0. The number of rotatable bonds is 5. The average Bonchev–Trinajstić information content (AvgIpc) is 1.87. The molecule has 0 rings (SSSR count). The first-order chi connectivity index (χ1) is 5.20. The number of hydrogen-bond donors (Lipinski definition) is 3. The van der Waals surface area contributed by atoms with Gasteiger partial charge in [-0.25, -0.2) is 4.79 Å². The maximum atomic E-state index is 10.1. The van der Waals surface area contributed by atoms with E-state index in [1.165, 1.54) is 7.11 Å². The van der Waals surface area contributed by atoms with Gasteiger partial charge in [0.15, 0.2) is 0 Å². The molecule has 0 bridgehead atoms. The number of nitrogens with one attached hydrogen (secondary N) is 1. The molecule has 1 atom stereocenters. The van der Waals surface area contributed by atoms with E-state index < -0.39 is 6.09 Å². The van der Waals surface area contributed by atoms with E-state index in [4.69, 9.17) is 14.9 Å². The van der Waals surface area contributed by atoms with Gasteiger partial charge in [0.2, 0.25) is 0 Å². The fourth-order valence-electron chi connectivity index (χ4n) is 0.729. The topological polar surface area (TPSA) is 78.8 Å². The fourth-order valence-corrected chi connectivity index (χ4v) is 0.729. The Bertz CT molecular complexity index is 111. The summed E-state index contributed by atoms with van der Waals surface area (Å²) in [6.45, 7) is 0.237. The molecule has 0 radical (unpaired) electrons. The highest BCUT2D eigenvalue weighted by atomic mass is 16.5. The highest BCUT2D eigenvalue weighted by molar-refractivity contribution is 5.64. The second kappa shape index (κ2) is 5.94. The summed E-state index contributed by atoms with van der Waals surface area (Å²) in [5, 5.41) is 19.0. The van der Waals surface area contributed by atoms with Crippen LogP contribution in [0.5, 0.6) is 0 Å². The number of amides is 1. The zero-order valence-corrected chi connectivity index (χ0v) is 6.41. The van der Waals surface area contributed by atoms with Gasteiger partial charge in [-0.1, -0.05) is 0 Å². The molecule has 0 unspecified atom stereocenters. The smallest absolute Gasteiger partial charge is 0.404 e. The van der Waals surface area contributed by atoms with Crippen LogP contribution in [0.1, 0.15) is 6.42 Å². The maximum absolute atomic E-state index is 10.1. The standard InChI is InChI=1S/C6H13NO4/c1-11-4-5(2-3-8)7-6(9)10/h5,7-8H,2-4H2,1H3,(H,9,10)/t5-/m0/s1. The Kier molecular flexibility index (Phi) is 5.50. The summed E-state index contributed by atoms with van der Waals surface area (Å²) in [7, 11) is 1.48. The number of methoxy groups -OCH3 is 1. The number of aliphatic hydroxyl groups is 1. The summed E-state index contributed by atoms with van der Waals surface area (Å²) in [4.78, 5) is 10.1. The van der Waals surface area contributed by atoms with Crippen LogP contribution in [0.15, 0.2) is 0 Å². The van der Waals surface area contributed by atoms with Crippen molar-refractivity contribution in [2.24, 2.45) is 0 Å². The molecule has 0 spiro atoms. The Hall–Kier alpha value is -0.810. The van der Waals surface area contributed by atoms with Crippen molar-refractivity contribution in [2.45, 2.75) is 12.5 Å². The molecular weight excluding hydrogens is 150 g/mol. The zero-order chi connectivity index (χ0) is 8.69. The van der Waals surface area contributed by atoms with Gasteiger partial charge in [0.25, 0.3) is 0 Å². The van der Waals surface area contributed by atoms with Crippen molar-refractivity contribution in [1.82, 2.24) is 5.32 Å². The van der Waals surface area contributed by atoms with Gasteiger partial charge in [-0.2, -0.15) is 0 Å². The van der Waals surface area contributed by atoms with Crippen LogP contribution in [-0.2, 0) is 4.74 Å². The number of hydrogen-bond acceptors (Lipinski definition) is 3. The summed E-state index contributed by atoms with van der Waals surface area (Å²) >= 11 is 0. The van der Waals surface area contributed by atoms with E-state index in [9.17, 15) is 4.79 Å². The highest BCUT2D eigenvalue weighted by Crippen LogP contribution is 1.90. The monoisotopic (exact) mass is 163 g/mol. The number of aliphatic hydroxyl groups excluding tert-OH is 1. The first kappa shape index (κ1) is 10.2. The van der Waals surface area contributed by atoms with E-state index in [-0.39, 0.29) is 19.3 Å². The van der Waals surface area contributed by atoms with Crippen molar-refractivity contribution in [2.75, 3.05) is 20.3 Å². The third-order valence-electron chi connectivity index (χ3n) is 1.17. The van der Waals surface area contributed by atoms with Crippen LogP contribution >= 0.6 is 0 Å². The van der Waals surface area contributed by atoms with E-state index in [0.717, 1.165) is 0 Å². The Labute approximate surface area is 65.0 Å². The second-order valence-corrected chi connectivity index (χ2v) is 2.11. The van der Waals surface area contributed by atoms with Gasteiger partial charge in [0.1, 0.15) is 0 Å². The van der Waals surface area contributed by atoms with Gasteiger partial charge >= 0.3 is 6.09 Å². The lowest BCUT2D eigenvalue weighted by molar-refractivity contribution is 0.138. The first-order valence-corrected chi connectivity index (χ1v) is 3.30. The summed E-state index contributed by atoms with van der Waals surface area (Å²) < 4.78 is 4.72. The molecule has 0 aliphatic heterocycles. The highest BCUT2D eigenvalue weighted by Gasteiger charge is 2.09. The minimum absolute atomic E-state index is 0.0473. The Morgan fingerprint density at radius 3 is 2.73 bits per heavy atom. The number of carbonyl (C=O) groups is 1. The van der Waals surface area contributed by atoms with Gasteiger partial charge in [-0.15, -0.1) is 0 Å². The zero-order valence-electron chi connectivity index (χ0n) is 6.41. The lowest BCUT2D eigenvalue weighted by Gasteiger charge is -2.13. The van der Waals surface area contributed by atoms with Crippen molar-refractivity contribution in [1.29, 1.82) is 0 Å². The normalized spacial score (nSPS) is 12.5. The van der Waals surface area contributed by atoms with Gasteiger partial charge < -0.3 is 20.3 Å². The molecule has 11 heavy (non-hydrogen) atoms. The minimum Gasteiger partial charge on any atom is -0.465 e. The molecule has 0 aromatic heterocycles. The molecule has 66 valence electrons. The predicted octanol–water partition coefficient (Wildman–Crippen LogP) is -0.349. The lowest BCUT2D eigenvalue weighted by atomic mass is 10.2. The molecular formula is C6H13NO4. The Balaban J connectivity index is 3.59. The SMILES string of the molecule is COC[C@H](CCO)NC(=O)O. The van der Waals surface area contributed by atoms with E-state index in [0.29, 0.717) is 6.42 Å². The molecule has 0 heterocycles. The van der Waals surface area contributed by atoms with Crippen molar-refractivity contribution in [3.8, 4) is 0 Å². The first-order valence-electron chi connectivity index (χ1n) is 3.30. The molecule has 0 fully saturated rings. The summed E-state index contributed by atoms with van der Waals surface area (Å²) in [5.41, 5.74) is 0. The molecule has 1 amide bonds. The second-order valence-electron chi connectivity index (χ2n) is 2.11. The number of ether oxygens (including phenoxy) is 1. The molecule has 0 saturated heterocycles. The van der Waals surface area contributed by atoms with E-state index in [1.54, 1.807) is 0 Å². The third kappa shape index (κ3) is 5.63. The molecule has 0 aliphatic rings. The van der Waals surface area contributed by atoms with Crippen LogP contribution in [-0.4, -0.2) is 42.7 Å². The molecule has 0 aliphatic carbocycles. The molecule has 5 heteroatoms. The third-order valence-corrected chi connectivity index (χ3v) is 1.17. The van der Waals surface area contributed by atoms with Crippen LogP contribution in [0.2, 0.25) is 0 Å². The van der Waals surface area contributed by atoms with Crippen LogP contribution < -0.4 is 5.32 Å². The lowest BCUT2D eigenvalue weighted by Crippen LogP contribution is -2.37. The summed E-state index contributed by atoms with van der Waals surface area (Å²) in [6.07, 6.45) is -0.722. The summed E-state index contributed by atoms with van der Waals surface area (Å²) in [6, 6.07) is -0.317. The Morgan fingerprint density at radius 2 is 2.36 bits per heavy atom. The van der Waals surface area contributed by atoms with Crippen LogP contribution in [0, 0.1) is 0 Å². The van der Waals surface area contributed by atoms with Gasteiger partial charge in [-0.3, -0.25) is 0 Å². The van der Waals surface area contributed by atoms with Crippen molar-refractivity contribution >= 4 is 6.09 Å². The van der Waals surface area contributed by atoms with Gasteiger partial charge in [-0.05, 0) is 6.42 Å². The fraction of sp³-hybridized carbons (Fsp3) is 0.833. The van der Waals surface area contributed by atoms with E-state index in [2.05, 4.69) is 5.32 Å². The van der Waals surface area contributed by atoms with Crippen molar-refractivity contribution in [3.63, 3.8) is 0 Å². The quantitative estimate of drug-likeness (QED) is 0.517. The van der Waals surface area contributed by atoms with Crippen LogP contribution in [0.25, 0.3) is 0 Å². The van der Waals surface area contributed by atoms with Crippen LogP contribution in [0.4, 0.5) is 4.79 Å².